The quantitative estimate of drug-likeness (QED) is 0.793. The fourth-order valence-corrected chi connectivity index (χ4v) is 2.86. The predicted molar refractivity (Wildman–Crippen MR) is 86.6 cm³/mol. The summed E-state index contributed by atoms with van der Waals surface area (Å²) in [6.45, 7) is 2.22. The van der Waals surface area contributed by atoms with Gasteiger partial charge in [0, 0.05) is 32.0 Å². The summed E-state index contributed by atoms with van der Waals surface area (Å²) in [5, 5.41) is 0. The normalized spacial score (nSPS) is 19.6. The molecular formula is C17H20N4O2. The molecule has 0 aromatic carbocycles. The SMILES string of the molecule is O=C1C=CCCN1C(=O)/C=C/C1CCN(c2ncccn2)CC1. The van der Waals surface area contributed by atoms with Gasteiger partial charge in [-0.2, -0.15) is 0 Å². The van der Waals surface area contributed by atoms with Gasteiger partial charge >= 0.3 is 0 Å². The van der Waals surface area contributed by atoms with Crippen LogP contribution < -0.4 is 4.90 Å². The highest BCUT2D eigenvalue weighted by atomic mass is 16.2. The molecule has 0 spiro atoms. The zero-order chi connectivity index (χ0) is 16.1. The van der Waals surface area contributed by atoms with E-state index >= 15 is 0 Å². The molecule has 1 aromatic rings. The Hall–Kier alpha value is -2.50. The van der Waals surface area contributed by atoms with Crippen LogP contribution in [0.15, 0.2) is 42.8 Å². The second-order valence-electron chi connectivity index (χ2n) is 5.75. The van der Waals surface area contributed by atoms with Crippen LogP contribution in [0.25, 0.3) is 0 Å². The molecule has 3 heterocycles. The van der Waals surface area contributed by atoms with Crippen LogP contribution in [-0.2, 0) is 9.59 Å². The van der Waals surface area contributed by atoms with Gasteiger partial charge in [0.25, 0.3) is 11.8 Å². The lowest BCUT2D eigenvalue weighted by atomic mass is 9.96. The lowest BCUT2D eigenvalue weighted by Gasteiger charge is -2.30. The lowest BCUT2D eigenvalue weighted by molar-refractivity contribution is -0.139. The minimum absolute atomic E-state index is 0.215. The second-order valence-corrected chi connectivity index (χ2v) is 5.75. The molecular weight excluding hydrogens is 292 g/mol. The van der Waals surface area contributed by atoms with Gasteiger partial charge in [0.15, 0.2) is 0 Å². The number of anilines is 1. The van der Waals surface area contributed by atoms with Gasteiger partial charge in [0.05, 0.1) is 0 Å². The predicted octanol–water partition coefficient (Wildman–Crippen LogP) is 1.56. The van der Waals surface area contributed by atoms with Crippen molar-refractivity contribution >= 4 is 17.8 Å². The molecule has 0 saturated carbocycles. The molecule has 3 rings (SSSR count). The first-order valence-corrected chi connectivity index (χ1v) is 7.96. The van der Waals surface area contributed by atoms with E-state index in [0.29, 0.717) is 12.5 Å². The summed E-state index contributed by atoms with van der Waals surface area (Å²) in [7, 11) is 0. The standard InChI is InChI=1S/C17H20N4O2/c22-15-4-1-2-11-21(15)16(23)6-5-14-7-12-20(13-8-14)17-18-9-3-10-19-17/h1,3-6,9-10,14H,2,7-8,11-13H2/b6-5+. The summed E-state index contributed by atoms with van der Waals surface area (Å²) < 4.78 is 0. The maximum Gasteiger partial charge on any atom is 0.253 e. The van der Waals surface area contributed by atoms with Gasteiger partial charge in [-0.3, -0.25) is 14.5 Å². The molecule has 2 aliphatic heterocycles. The molecule has 0 N–H and O–H groups in total. The van der Waals surface area contributed by atoms with E-state index in [9.17, 15) is 9.59 Å². The van der Waals surface area contributed by atoms with Gasteiger partial charge in [-0.15, -0.1) is 0 Å². The summed E-state index contributed by atoms with van der Waals surface area (Å²) in [5.41, 5.74) is 0. The van der Waals surface area contributed by atoms with Crippen LogP contribution in [0, 0.1) is 5.92 Å². The van der Waals surface area contributed by atoms with Crippen LogP contribution in [0.4, 0.5) is 5.95 Å². The Balaban J connectivity index is 1.51. The van der Waals surface area contributed by atoms with Crippen LogP contribution in [0.2, 0.25) is 0 Å². The Morgan fingerprint density at radius 2 is 1.91 bits per heavy atom. The highest BCUT2D eigenvalue weighted by Crippen LogP contribution is 2.21. The summed E-state index contributed by atoms with van der Waals surface area (Å²) in [5.74, 6) is 0.682. The molecule has 6 nitrogen and oxygen atoms in total. The second kappa shape index (κ2) is 7.17. The number of rotatable bonds is 3. The Bertz CT molecular complexity index is 619. The molecule has 0 aliphatic carbocycles. The number of aromatic nitrogens is 2. The zero-order valence-corrected chi connectivity index (χ0v) is 13.0. The van der Waals surface area contributed by atoms with Gasteiger partial charge in [-0.25, -0.2) is 9.97 Å². The molecule has 0 bridgehead atoms. The van der Waals surface area contributed by atoms with Gasteiger partial charge in [0.2, 0.25) is 5.95 Å². The third-order valence-electron chi connectivity index (χ3n) is 4.20. The fraction of sp³-hybridized carbons (Fsp3) is 0.412. The van der Waals surface area contributed by atoms with E-state index in [0.717, 1.165) is 38.3 Å². The van der Waals surface area contributed by atoms with Crippen LogP contribution in [0.3, 0.4) is 0 Å². The molecule has 1 saturated heterocycles. The van der Waals surface area contributed by atoms with E-state index in [4.69, 9.17) is 0 Å². The van der Waals surface area contributed by atoms with Crippen molar-refractivity contribution in [2.45, 2.75) is 19.3 Å². The van der Waals surface area contributed by atoms with Crippen LogP contribution in [-0.4, -0.2) is 46.3 Å². The number of hydrogen-bond acceptors (Lipinski definition) is 5. The maximum absolute atomic E-state index is 12.1. The van der Waals surface area contributed by atoms with Crippen molar-refractivity contribution in [2.24, 2.45) is 5.92 Å². The van der Waals surface area contributed by atoms with Gasteiger partial charge in [-0.1, -0.05) is 12.2 Å². The first kappa shape index (κ1) is 15.4. The first-order valence-electron chi connectivity index (χ1n) is 7.96. The molecule has 120 valence electrons. The minimum Gasteiger partial charge on any atom is -0.341 e. The number of imide groups is 1. The molecule has 0 atom stereocenters. The van der Waals surface area contributed by atoms with E-state index in [1.54, 1.807) is 24.5 Å². The van der Waals surface area contributed by atoms with Crippen molar-refractivity contribution in [3.63, 3.8) is 0 Å². The Morgan fingerprint density at radius 3 is 2.61 bits per heavy atom. The number of carbonyl (C=O) groups excluding carboxylic acids is 2. The molecule has 0 unspecified atom stereocenters. The van der Waals surface area contributed by atoms with Crippen molar-refractivity contribution in [2.75, 3.05) is 24.5 Å². The fourth-order valence-electron chi connectivity index (χ4n) is 2.86. The number of carbonyl (C=O) groups is 2. The topological polar surface area (TPSA) is 66.4 Å². The van der Waals surface area contributed by atoms with Crippen molar-refractivity contribution in [1.29, 1.82) is 0 Å². The summed E-state index contributed by atoms with van der Waals surface area (Å²) in [4.78, 5) is 35.7. The number of nitrogens with zero attached hydrogens (tertiary/aromatic N) is 4. The molecule has 0 radical (unpaired) electrons. The number of allylic oxidation sites excluding steroid dienone is 1. The summed E-state index contributed by atoms with van der Waals surface area (Å²) >= 11 is 0. The van der Waals surface area contributed by atoms with E-state index in [-0.39, 0.29) is 11.8 Å². The summed E-state index contributed by atoms with van der Waals surface area (Å²) in [6.07, 6.45) is 12.9. The first-order chi connectivity index (χ1) is 11.2. The average molecular weight is 312 g/mol. The molecule has 2 aliphatic rings. The smallest absolute Gasteiger partial charge is 0.253 e. The van der Waals surface area contributed by atoms with E-state index in [1.807, 2.05) is 12.1 Å². The Labute approximate surface area is 135 Å². The Morgan fingerprint density at radius 1 is 1.17 bits per heavy atom. The van der Waals surface area contributed by atoms with E-state index in [2.05, 4.69) is 14.9 Å². The van der Waals surface area contributed by atoms with Crippen molar-refractivity contribution in [3.8, 4) is 0 Å². The highest BCUT2D eigenvalue weighted by Gasteiger charge is 2.21. The number of amides is 2. The number of hydrogen-bond donors (Lipinski definition) is 0. The molecule has 6 heteroatoms. The third-order valence-corrected chi connectivity index (χ3v) is 4.20. The number of piperidine rings is 1. The van der Waals surface area contributed by atoms with Gasteiger partial charge < -0.3 is 4.90 Å². The monoisotopic (exact) mass is 312 g/mol. The van der Waals surface area contributed by atoms with Crippen LogP contribution >= 0.6 is 0 Å². The molecule has 1 aromatic heterocycles. The largest absolute Gasteiger partial charge is 0.341 e. The van der Waals surface area contributed by atoms with E-state index in [1.165, 1.54) is 11.0 Å². The zero-order valence-electron chi connectivity index (χ0n) is 13.0. The third kappa shape index (κ3) is 3.83. The van der Waals surface area contributed by atoms with Crippen LogP contribution in [0.5, 0.6) is 0 Å². The molecule has 2 amide bonds. The highest BCUT2D eigenvalue weighted by molar-refractivity contribution is 6.05. The minimum atomic E-state index is -0.220. The van der Waals surface area contributed by atoms with E-state index < -0.39 is 0 Å². The van der Waals surface area contributed by atoms with Gasteiger partial charge in [0.1, 0.15) is 0 Å². The Kier molecular flexibility index (Phi) is 4.80. The maximum atomic E-state index is 12.1. The summed E-state index contributed by atoms with van der Waals surface area (Å²) in [6, 6.07) is 1.81. The molecule has 1 fully saturated rings. The van der Waals surface area contributed by atoms with Crippen molar-refractivity contribution < 1.29 is 9.59 Å². The van der Waals surface area contributed by atoms with Crippen molar-refractivity contribution in [1.82, 2.24) is 14.9 Å². The molecule has 23 heavy (non-hydrogen) atoms. The van der Waals surface area contributed by atoms with Crippen molar-refractivity contribution in [3.05, 3.63) is 42.8 Å². The average Bonchev–Trinajstić information content (AvgIpc) is 2.61. The lowest BCUT2D eigenvalue weighted by Crippen LogP contribution is -2.37. The van der Waals surface area contributed by atoms with Gasteiger partial charge in [-0.05, 0) is 43.4 Å². The van der Waals surface area contributed by atoms with Crippen LogP contribution in [0.1, 0.15) is 19.3 Å².